The lowest BCUT2D eigenvalue weighted by molar-refractivity contribution is -0.141. The average molecular weight is 481 g/mol. The van der Waals surface area contributed by atoms with Crippen LogP contribution in [0.3, 0.4) is 0 Å². The molecule has 0 N–H and O–H groups in total. The maximum absolute atomic E-state index is 13.3. The highest BCUT2D eigenvalue weighted by atomic mass is 35.5. The monoisotopic (exact) mass is 480 g/mol. The normalized spacial score (nSPS) is 11.9. The van der Waals surface area contributed by atoms with E-state index in [2.05, 4.69) is 15.2 Å². The fourth-order valence-corrected chi connectivity index (χ4v) is 4.95. The first-order chi connectivity index (χ1) is 14.8. The maximum Gasteiger partial charge on any atom is 0.433 e. The predicted octanol–water partition coefficient (Wildman–Crippen LogP) is 6.62. The van der Waals surface area contributed by atoms with Crippen LogP contribution in [0.4, 0.5) is 13.2 Å². The van der Waals surface area contributed by atoms with Crippen LogP contribution in [0.15, 0.2) is 64.6 Å². The van der Waals surface area contributed by atoms with Crippen molar-refractivity contribution < 1.29 is 13.2 Å². The lowest BCUT2D eigenvalue weighted by atomic mass is 10.2. The number of hydrogen-bond donors (Lipinski definition) is 0. The van der Waals surface area contributed by atoms with Crippen LogP contribution in [0.25, 0.3) is 10.9 Å². The molecule has 0 saturated heterocycles. The van der Waals surface area contributed by atoms with Gasteiger partial charge in [0.25, 0.3) is 0 Å². The minimum Gasteiger partial charge on any atom is -0.308 e. The summed E-state index contributed by atoms with van der Waals surface area (Å²) in [5.74, 6) is 1.77. The van der Waals surface area contributed by atoms with Crippen LogP contribution in [0, 0.1) is 0 Å². The second-order valence-electron chi connectivity index (χ2n) is 6.68. The first kappa shape index (κ1) is 22.0. The van der Waals surface area contributed by atoms with E-state index in [1.165, 1.54) is 23.5 Å². The van der Waals surface area contributed by atoms with Crippen molar-refractivity contribution in [3.8, 4) is 0 Å². The number of benzene rings is 2. The lowest BCUT2D eigenvalue weighted by Crippen LogP contribution is -2.08. The average Bonchev–Trinajstić information content (AvgIpc) is 3.10. The summed E-state index contributed by atoms with van der Waals surface area (Å²) in [4.78, 5) is 4.27. The van der Waals surface area contributed by atoms with Crippen molar-refractivity contribution in [1.29, 1.82) is 0 Å². The number of nitrogens with zero attached hydrogens (tertiary/aromatic N) is 4. The summed E-state index contributed by atoms with van der Waals surface area (Å²) in [5, 5.41) is 10.5. The fraction of sp³-hybridized carbons (Fsp3) is 0.190. The summed E-state index contributed by atoms with van der Waals surface area (Å²) in [7, 11) is 1.85. The van der Waals surface area contributed by atoms with Gasteiger partial charge in [-0.2, -0.15) is 13.2 Å². The quantitative estimate of drug-likeness (QED) is 0.290. The van der Waals surface area contributed by atoms with Crippen LogP contribution < -0.4 is 0 Å². The van der Waals surface area contributed by atoms with E-state index in [4.69, 9.17) is 11.6 Å². The zero-order valence-electron chi connectivity index (χ0n) is 16.2. The van der Waals surface area contributed by atoms with Crippen LogP contribution in [0.5, 0.6) is 0 Å². The second-order valence-corrected chi connectivity index (χ2v) is 9.08. The smallest absolute Gasteiger partial charge is 0.308 e. The van der Waals surface area contributed by atoms with Crippen LogP contribution in [-0.2, 0) is 24.7 Å². The van der Waals surface area contributed by atoms with Gasteiger partial charge in [-0.25, -0.2) is 4.98 Å². The number of para-hydroxylation sites is 1. The molecule has 0 aliphatic heterocycles. The Labute approximate surface area is 190 Å². The van der Waals surface area contributed by atoms with E-state index in [1.54, 1.807) is 24.3 Å². The molecule has 160 valence electrons. The minimum atomic E-state index is -4.50. The minimum absolute atomic E-state index is 0.317. The number of aromatic nitrogens is 4. The molecule has 2 aromatic carbocycles. The third-order valence-corrected chi connectivity index (χ3v) is 6.93. The van der Waals surface area contributed by atoms with Crippen LogP contribution in [0.2, 0.25) is 5.02 Å². The molecule has 0 amide bonds. The molecular weight excluding hydrogens is 465 g/mol. The summed E-state index contributed by atoms with van der Waals surface area (Å²) in [6.45, 7) is 0. The van der Waals surface area contributed by atoms with E-state index in [9.17, 15) is 13.2 Å². The van der Waals surface area contributed by atoms with Gasteiger partial charge in [0, 0.05) is 28.1 Å². The Bertz CT molecular complexity index is 1210. The molecule has 4 aromatic rings. The number of hydrogen-bond acceptors (Lipinski definition) is 5. The third kappa shape index (κ3) is 5.16. The zero-order valence-corrected chi connectivity index (χ0v) is 18.6. The number of alkyl halides is 3. The van der Waals surface area contributed by atoms with Gasteiger partial charge in [-0.1, -0.05) is 53.7 Å². The maximum atomic E-state index is 13.3. The summed E-state index contributed by atoms with van der Waals surface area (Å²) in [6.07, 6.45) is -4.50. The van der Waals surface area contributed by atoms with Crippen LogP contribution in [-0.4, -0.2) is 19.7 Å². The molecule has 4 nitrogen and oxygen atoms in total. The van der Waals surface area contributed by atoms with Gasteiger partial charge in [-0.05, 0) is 29.8 Å². The Kier molecular flexibility index (Phi) is 6.45. The van der Waals surface area contributed by atoms with Crippen molar-refractivity contribution >= 4 is 46.0 Å². The van der Waals surface area contributed by atoms with Crippen molar-refractivity contribution in [2.24, 2.45) is 7.05 Å². The van der Waals surface area contributed by atoms with Gasteiger partial charge in [0.2, 0.25) is 0 Å². The molecule has 10 heteroatoms. The van der Waals surface area contributed by atoms with E-state index in [0.29, 0.717) is 38.2 Å². The molecule has 2 heterocycles. The highest BCUT2D eigenvalue weighted by Gasteiger charge is 2.33. The molecule has 0 aliphatic rings. The lowest BCUT2D eigenvalue weighted by Gasteiger charge is -2.11. The van der Waals surface area contributed by atoms with Gasteiger partial charge in [-0.3, -0.25) is 0 Å². The molecule has 0 unspecified atom stereocenters. The summed E-state index contributed by atoms with van der Waals surface area (Å²) in [5.41, 5.74) is 0.527. The van der Waals surface area contributed by atoms with Crippen molar-refractivity contribution in [3.05, 3.63) is 76.7 Å². The number of thioether (sulfide) groups is 2. The van der Waals surface area contributed by atoms with E-state index < -0.39 is 11.9 Å². The van der Waals surface area contributed by atoms with Crippen LogP contribution in [0.1, 0.15) is 17.1 Å². The Morgan fingerprint density at radius 2 is 1.71 bits per heavy atom. The van der Waals surface area contributed by atoms with Gasteiger partial charge >= 0.3 is 6.18 Å². The number of rotatable bonds is 6. The summed E-state index contributed by atoms with van der Waals surface area (Å²) < 4.78 is 41.7. The summed E-state index contributed by atoms with van der Waals surface area (Å²) in [6, 6.07) is 15.5. The molecule has 0 spiro atoms. The topological polar surface area (TPSA) is 43.6 Å². The molecule has 0 bridgehead atoms. The highest BCUT2D eigenvalue weighted by Crippen LogP contribution is 2.36. The molecule has 0 fully saturated rings. The van der Waals surface area contributed by atoms with E-state index in [0.717, 1.165) is 16.8 Å². The number of pyridine rings is 1. The van der Waals surface area contributed by atoms with E-state index in [-0.39, 0.29) is 0 Å². The van der Waals surface area contributed by atoms with E-state index >= 15 is 0 Å². The van der Waals surface area contributed by atoms with Gasteiger partial charge in [0.15, 0.2) is 5.16 Å². The number of halogens is 4. The Balaban J connectivity index is 1.51. The standard InChI is InChI=1S/C21H16ClF3N4S2/c1-29-19(27-28-20(29)31-11-13-6-8-14(22)9-7-13)12-30-17-10-18(21(23,24)25)26-16-5-3-2-4-15(16)17/h2-10H,11-12H2,1H3. The molecule has 0 radical (unpaired) electrons. The summed E-state index contributed by atoms with van der Waals surface area (Å²) >= 11 is 8.74. The Morgan fingerprint density at radius 3 is 2.45 bits per heavy atom. The first-order valence-electron chi connectivity index (χ1n) is 9.16. The molecule has 2 aromatic heterocycles. The van der Waals surface area contributed by atoms with Gasteiger partial charge in [-0.15, -0.1) is 22.0 Å². The molecule has 31 heavy (non-hydrogen) atoms. The zero-order chi connectivity index (χ0) is 22.0. The van der Waals surface area contributed by atoms with Crippen molar-refractivity contribution in [2.75, 3.05) is 0 Å². The first-order valence-corrected chi connectivity index (χ1v) is 11.5. The molecule has 0 saturated carbocycles. The molecule has 0 aliphatic carbocycles. The number of fused-ring (bicyclic) bond motifs is 1. The van der Waals surface area contributed by atoms with Gasteiger partial charge < -0.3 is 4.57 Å². The highest BCUT2D eigenvalue weighted by molar-refractivity contribution is 7.99. The molecule has 4 rings (SSSR count). The second kappa shape index (κ2) is 9.10. The van der Waals surface area contributed by atoms with Crippen molar-refractivity contribution in [3.63, 3.8) is 0 Å². The molecule has 0 atom stereocenters. The third-order valence-electron chi connectivity index (χ3n) is 4.53. The predicted molar refractivity (Wildman–Crippen MR) is 118 cm³/mol. The van der Waals surface area contributed by atoms with E-state index in [1.807, 2.05) is 35.9 Å². The van der Waals surface area contributed by atoms with Gasteiger partial charge in [0.1, 0.15) is 11.5 Å². The van der Waals surface area contributed by atoms with Crippen molar-refractivity contribution in [1.82, 2.24) is 19.7 Å². The van der Waals surface area contributed by atoms with Crippen LogP contribution >= 0.6 is 35.1 Å². The Hall–Kier alpha value is -2.23. The Morgan fingerprint density at radius 1 is 0.968 bits per heavy atom. The fourth-order valence-electron chi connectivity index (χ4n) is 2.88. The SMILES string of the molecule is Cn1c(CSc2cc(C(F)(F)F)nc3ccccc23)nnc1SCc1ccc(Cl)cc1. The molecular formula is C21H16ClF3N4S2. The van der Waals surface area contributed by atoms with Crippen molar-refractivity contribution in [2.45, 2.75) is 27.7 Å². The van der Waals surface area contributed by atoms with Gasteiger partial charge in [0.05, 0.1) is 11.3 Å². The largest absolute Gasteiger partial charge is 0.433 e.